The van der Waals surface area contributed by atoms with Gasteiger partial charge < -0.3 is 10.4 Å². The van der Waals surface area contributed by atoms with Crippen molar-refractivity contribution in [3.05, 3.63) is 0 Å². The molecule has 0 radical (unpaired) electrons. The Morgan fingerprint density at radius 2 is 1.59 bits per heavy atom. The van der Waals surface area contributed by atoms with E-state index in [1.807, 2.05) is 0 Å². The number of aliphatic hydroxyl groups is 1. The lowest BCUT2D eigenvalue weighted by atomic mass is 9.71. The minimum atomic E-state index is 0.367. The molecule has 100 valence electrons. The van der Waals surface area contributed by atoms with Crippen LogP contribution in [0.3, 0.4) is 0 Å². The summed E-state index contributed by atoms with van der Waals surface area (Å²) in [6.45, 7) is 1.52. The molecular weight excluding hydrogens is 210 g/mol. The van der Waals surface area contributed by atoms with Crippen LogP contribution in [0.4, 0.5) is 0 Å². The molecule has 2 N–H and O–H groups in total. The maximum atomic E-state index is 9.29. The molecule has 0 saturated heterocycles. The van der Waals surface area contributed by atoms with Crippen LogP contribution in [0.2, 0.25) is 0 Å². The van der Waals surface area contributed by atoms with Gasteiger partial charge in [0.1, 0.15) is 0 Å². The second kappa shape index (κ2) is 6.75. The van der Waals surface area contributed by atoms with Crippen LogP contribution in [0.25, 0.3) is 0 Å². The minimum Gasteiger partial charge on any atom is -0.396 e. The number of nitrogens with one attached hydrogen (secondary N) is 1. The van der Waals surface area contributed by atoms with Gasteiger partial charge in [-0.15, -0.1) is 0 Å². The Morgan fingerprint density at radius 3 is 2.24 bits per heavy atom. The van der Waals surface area contributed by atoms with E-state index in [1.54, 1.807) is 0 Å². The Kier molecular flexibility index (Phi) is 5.30. The van der Waals surface area contributed by atoms with Crippen LogP contribution in [0.5, 0.6) is 0 Å². The van der Waals surface area contributed by atoms with Gasteiger partial charge in [0.15, 0.2) is 0 Å². The van der Waals surface area contributed by atoms with Crippen LogP contribution in [0.15, 0.2) is 0 Å². The summed E-state index contributed by atoms with van der Waals surface area (Å²) in [7, 11) is 0. The van der Waals surface area contributed by atoms with E-state index < -0.39 is 0 Å². The van der Waals surface area contributed by atoms with Gasteiger partial charge in [0.05, 0.1) is 0 Å². The average molecular weight is 239 g/mol. The molecule has 2 heteroatoms. The second-order valence-electron chi connectivity index (χ2n) is 6.25. The highest BCUT2D eigenvalue weighted by Gasteiger charge is 2.31. The lowest BCUT2D eigenvalue weighted by Crippen LogP contribution is -2.42. The zero-order chi connectivity index (χ0) is 12.0. The molecule has 2 fully saturated rings. The monoisotopic (exact) mass is 239 g/mol. The topological polar surface area (TPSA) is 32.3 Å². The zero-order valence-electron chi connectivity index (χ0n) is 11.2. The summed E-state index contributed by atoms with van der Waals surface area (Å²) in [4.78, 5) is 0. The van der Waals surface area contributed by atoms with Gasteiger partial charge in [-0.25, -0.2) is 0 Å². The quantitative estimate of drug-likeness (QED) is 0.772. The molecule has 0 atom stereocenters. The highest BCUT2D eigenvalue weighted by Crippen LogP contribution is 2.38. The smallest absolute Gasteiger partial charge is 0.0436 e. The van der Waals surface area contributed by atoms with E-state index in [9.17, 15) is 5.11 Å². The van der Waals surface area contributed by atoms with Crippen molar-refractivity contribution >= 4 is 0 Å². The summed E-state index contributed by atoms with van der Waals surface area (Å²) in [6, 6.07) is 0.765. The highest BCUT2D eigenvalue weighted by molar-refractivity contribution is 4.86. The normalized spacial score (nSPS) is 25.9. The molecule has 0 bridgehead atoms. The first-order valence-electron chi connectivity index (χ1n) is 7.69. The Hall–Kier alpha value is -0.0800. The molecule has 0 unspecified atom stereocenters. The third-order valence-electron chi connectivity index (χ3n) is 4.93. The van der Waals surface area contributed by atoms with Gasteiger partial charge in [-0.2, -0.15) is 0 Å². The summed E-state index contributed by atoms with van der Waals surface area (Å²) in [5, 5.41) is 13.1. The van der Waals surface area contributed by atoms with Gasteiger partial charge in [0.25, 0.3) is 0 Å². The van der Waals surface area contributed by atoms with Gasteiger partial charge in [-0.05, 0) is 37.5 Å². The molecule has 2 aliphatic rings. The van der Waals surface area contributed by atoms with Gasteiger partial charge in [0.2, 0.25) is 0 Å². The third-order valence-corrected chi connectivity index (χ3v) is 4.93. The SMILES string of the molecule is OCCC1(CNC2CCCCC2)CCCCC1. The van der Waals surface area contributed by atoms with E-state index in [-0.39, 0.29) is 0 Å². The van der Waals surface area contributed by atoms with Crippen molar-refractivity contribution in [3.8, 4) is 0 Å². The standard InChI is InChI=1S/C15H29NO/c17-12-11-15(9-5-2-6-10-15)13-16-14-7-3-1-4-8-14/h14,16-17H,1-13H2. The molecular formula is C15H29NO. The van der Waals surface area contributed by atoms with E-state index in [1.165, 1.54) is 64.2 Å². The van der Waals surface area contributed by atoms with Crippen LogP contribution < -0.4 is 5.32 Å². The Labute approximate surface area is 106 Å². The third kappa shape index (κ3) is 3.96. The van der Waals surface area contributed by atoms with Gasteiger partial charge >= 0.3 is 0 Å². The summed E-state index contributed by atoms with van der Waals surface area (Å²) in [6.07, 6.45) is 14.8. The maximum Gasteiger partial charge on any atom is 0.0436 e. The first-order valence-corrected chi connectivity index (χ1v) is 7.69. The Bertz CT molecular complexity index is 199. The molecule has 0 spiro atoms. The van der Waals surface area contributed by atoms with Crippen molar-refractivity contribution in [1.82, 2.24) is 5.32 Å². The van der Waals surface area contributed by atoms with Crippen molar-refractivity contribution in [3.63, 3.8) is 0 Å². The number of hydrogen-bond acceptors (Lipinski definition) is 2. The maximum absolute atomic E-state index is 9.29. The molecule has 2 rings (SSSR count). The fourth-order valence-corrected chi connectivity index (χ4v) is 3.72. The van der Waals surface area contributed by atoms with Crippen molar-refractivity contribution in [2.24, 2.45) is 5.41 Å². The summed E-state index contributed by atoms with van der Waals surface area (Å²) in [5.74, 6) is 0. The van der Waals surface area contributed by atoms with Crippen molar-refractivity contribution in [2.45, 2.75) is 76.7 Å². The Balaban J connectivity index is 1.79. The summed E-state index contributed by atoms with van der Waals surface area (Å²) >= 11 is 0. The molecule has 0 amide bonds. The van der Waals surface area contributed by atoms with Crippen LogP contribution in [-0.4, -0.2) is 24.3 Å². The fourth-order valence-electron chi connectivity index (χ4n) is 3.72. The van der Waals surface area contributed by atoms with Crippen LogP contribution in [0.1, 0.15) is 70.6 Å². The number of aliphatic hydroxyl groups excluding tert-OH is 1. The number of hydrogen-bond donors (Lipinski definition) is 2. The van der Waals surface area contributed by atoms with Crippen LogP contribution >= 0.6 is 0 Å². The minimum absolute atomic E-state index is 0.367. The lowest BCUT2D eigenvalue weighted by Gasteiger charge is -2.39. The largest absolute Gasteiger partial charge is 0.396 e. The second-order valence-corrected chi connectivity index (χ2v) is 6.25. The molecule has 0 heterocycles. The lowest BCUT2D eigenvalue weighted by molar-refractivity contribution is 0.119. The molecule has 2 nitrogen and oxygen atoms in total. The van der Waals surface area contributed by atoms with E-state index >= 15 is 0 Å². The molecule has 2 aliphatic carbocycles. The van der Waals surface area contributed by atoms with Gasteiger partial charge in [0, 0.05) is 19.2 Å². The molecule has 17 heavy (non-hydrogen) atoms. The molecule has 2 saturated carbocycles. The highest BCUT2D eigenvalue weighted by atomic mass is 16.3. The Morgan fingerprint density at radius 1 is 0.941 bits per heavy atom. The molecule has 0 aromatic heterocycles. The summed E-state index contributed by atoms with van der Waals surface area (Å²) < 4.78 is 0. The van der Waals surface area contributed by atoms with E-state index in [0.717, 1.165) is 19.0 Å². The summed E-state index contributed by atoms with van der Waals surface area (Å²) in [5.41, 5.74) is 0.421. The predicted molar refractivity (Wildman–Crippen MR) is 72.1 cm³/mol. The van der Waals surface area contributed by atoms with Crippen molar-refractivity contribution in [2.75, 3.05) is 13.2 Å². The first-order chi connectivity index (χ1) is 8.35. The predicted octanol–water partition coefficient (Wildman–Crippen LogP) is 3.24. The molecule has 0 aromatic rings. The number of rotatable bonds is 5. The van der Waals surface area contributed by atoms with E-state index in [2.05, 4.69) is 5.32 Å². The van der Waals surface area contributed by atoms with Crippen molar-refractivity contribution < 1.29 is 5.11 Å². The van der Waals surface area contributed by atoms with E-state index in [4.69, 9.17) is 0 Å². The van der Waals surface area contributed by atoms with E-state index in [0.29, 0.717) is 12.0 Å². The fraction of sp³-hybridized carbons (Fsp3) is 1.00. The zero-order valence-corrected chi connectivity index (χ0v) is 11.2. The first kappa shape index (κ1) is 13.4. The van der Waals surface area contributed by atoms with Gasteiger partial charge in [-0.3, -0.25) is 0 Å². The average Bonchev–Trinajstić information content (AvgIpc) is 2.39. The van der Waals surface area contributed by atoms with Crippen LogP contribution in [0, 0.1) is 5.41 Å². The van der Waals surface area contributed by atoms with Gasteiger partial charge in [-0.1, -0.05) is 38.5 Å². The molecule has 0 aromatic carbocycles. The molecule has 0 aliphatic heterocycles. The van der Waals surface area contributed by atoms with Crippen LogP contribution in [-0.2, 0) is 0 Å². The van der Waals surface area contributed by atoms with Crippen molar-refractivity contribution in [1.29, 1.82) is 0 Å².